The molecule has 4 nitrogen and oxygen atoms in total. The molecule has 2 rings (SSSR count). The Hall–Kier alpha value is -1.59. The maximum Gasteiger partial charge on any atom is 0.707 e. The van der Waals surface area contributed by atoms with E-state index in [1.54, 1.807) is 24.4 Å². The molecule has 14 heavy (non-hydrogen) atoms. The monoisotopic (exact) mass is 189 g/mol. The minimum absolute atomic E-state index is 0.381. The van der Waals surface area contributed by atoms with Crippen LogP contribution in [0.2, 0.25) is 0 Å². The zero-order chi connectivity index (χ0) is 9.97. The molecule has 0 amide bonds. The Morgan fingerprint density at radius 2 is 2.07 bits per heavy atom. The molecule has 0 saturated heterocycles. The summed E-state index contributed by atoms with van der Waals surface area (Å²) in [7, 11) is -1.80. The Morgan fingerprint density at radius 3 is 2.86 bits per heavy atom. The molecular weight excluding hydrogens is 181 g/mol. The van der Waals surface area contributed by atoms with Gasteiger partial charge in [-0.15, -0.1) is 0 Å². The molecule has 0 unspecified atom stereocenters. The van der Waals surface area contributed by atoms with E-state index in [0.717, 1.165) is 10.9 Å². The molecule has 0 spiro atoms. The van der Waals surface area contributed by atoms with Gasteiger partial charge in [-0.25, -0.2) is 0 Å². The van der Waals surface area contributed by atoms with Gasteiger partial charge in [-0.05, 0) is 18.2 Å². The van der Waals surface area contributed by atoms with Gasteiger partial charge >= 0.3 is 7.32 Å². The Kier molecular flexibility index (Phi) is 2.34. The highest BCUT2D eigenvalue weighted by Gasteiger charge is 2.10. The number of benzene rings is 1. The van der Waals surface area contributed by atoms with Crippen LogP contribution in [0.5, 0.6) is 5.75 Å². The minimum Gasteiger partial charge on any atom is -0.512 e. The lowest BCUT2D eigenvalue weighted by atomic mass is 10.2. The summed E-state index contributed by atoms with van der Waals surface area (Å²) in [5, 5.41) is 18.2. The van der Waals surface area contributed by atoms with Crippen LogP contribution in [0, 0.1) is 0 Å². The summed E-state index contributed by atoms with van der Waals surface area (Å²) in [6.07, 6.45) is 1.67. The summed E-state index contributed by atoms with van der Waals surface area (Å²) >= 11 is 0. The van der Waals surface area contributed by atoms with Gasteiger partial charge in [-0.3, -0.25) is 4.98 Å². The van der Waals surface area contributed by atoms with Gasteiger partial charge in [0.05, 0.1) is 5.52 Å². The summed E-state index contributed by atoms with van der Waals surface area (Å²) in [5.41, 5.74) is 0.755. The summed E-state index contributed by atoms with van der Waals surface area (Å²) in [6.45, 7) is 0. The van der Waals surface area contributed by atoms with Gasteiger partial charge < -0.3 is 14.7 Å². The SMILES string of the molecule is OB(O)Oc1ccc2cccnc2c1. The second kappa shape index (κ2) is 3.65. The molecule has 0 saturated carbocycles. The van der Waals surface area contributed by atoms with Gasteiger partial charge in [0, 0.05) is 17.6 Å². The molecule has 1 aromatic carbocycles. The molecule has 2 N–H and O–H groups in total. The standard InChI is InChI=1S/C9H8BNO3/c12-10(13)14-8-4-3-7-2-1-5-11-9(7)6-8/h1-6,12-13H. The van der Waals surface area contributed by atoms with E-state index in [1.807, 2.05) is 12.1 Å². The van der Waals surface area contributed by atoms with Crippen molar-refractivity contribution in [1.29, 1.82) is 0 Å². The van der Waals surface area contributed by atoms with Gasteiger partial charge in [-0.1, -0.05) is 6.07 Å². The molecule has 0 radical (unpaired) electrons. The average Bonchev–Trinajstić information content (AvgIpc) is 2.17. The van der Waals surface area contributed by atoms with Crippen LogP contribution in [0.3, 0.4) is 0 Å². The Balaban J connectivity index is 2.41. The lowest BCUT2D eigenvalue weighted by Gasteiger charge is -2.04. The van der Waals surface area contributed by atoms with Crippen molar-refractivity contribution < 1.29 is 14.7 Å². The first-order valence-electron chi connectivity index (χ1n) is 4.13. The van der Waals surface area contributed by atoms with Crippen molar-refractivity contribution in [1.82, 2.24) is 4.98 Å². The van der Waals surface area contributed by atoms with Gasteiger partial charge in [-0.2, -0.15) is 0 Å². The number of nitrogens with zero attached hydrogens (tertiary/aromatic N) is 1. The van der Waals surface area contributed by atoms with Crippen LogP contribution in [0.25, 0.3) is 10.9 Å². The topological polar surface area (TPSA) is 62.6 Å². The first-order chi connectivity index (χ1) is 6.75. The van der Waals surface area contributed by atoms with E-state index in [4.69, 9.17) is 14.7 Å². The second-order valence-corrected chi connectivity index (χ2v) is 2.80. The van der Waals surface area contributed by atoms with Gasteiger partial charge in [0.15, 0.2) is 0 Å². The van der Waals surface area contributed by atoms with Crippen molar-refractivity contribution in [3.05, 3.63) is 36.5 Å². The van der Waals surface area contributed by atoms with Crippen molar-refractivity contribution in [2.75, 3.05) is 0 Å². The Labute approximate surface area is 81.0 Å². The third-order valence-electron chi connectivity index (χ3n) is 1.82. The highest BCUT2D eigenvalue weighted by atomic mass is 16.6. The maximum absolute atomic E-state index is 8.59. The first kappa shape index (κ1) is 8.99. The summed E-state index contributed by atoms with van der Waals surface area (Å²) in [5.74, 6) is 0.381. The Bertz CT molecular complexity index is 447. The zero-order valence-corrected chi connectivity index (χ0v) is 7.29. The summed E-state index contributed by atoms with van der Waals surface area (Å²) in [4.78, 5) is 4.11. The quantitative estimate of drug-likeness (QED) is 0.678. The van der Waals surface area contributed by atoms with Crippen LogP contribution in [-0.4, -0.2) is 22.4 Å². The fourth-order valence-electron chi connectivity index (χ4n) is 1.24. The number of rotatable bonds is 2. The van der Waals surface area contributed by atoms with Crippen LogP contribution in [0.4, 0.5) is 0 Å². The fraction of sp³-hybridized carbons (Fsp3) is 0. The highest BCUT2D eigenvalue weighted by Crippen LogP contribution is 2.18. The van der Waals surface area contributed by atoms with Gasteiger partial charge in [0.1, 0.15) is 5.75 Å². The molecule has 0 aliphatic heterocycles. The molecule has 2 aromatic rings. The smallest absolute Gasteiger partial charge is 0.512 e. The molecule has 1 heterocycles. The third-order valence-corrected chi connectivity index (χ3v) is 1.82. The summed E-state index contributed by atoms with van der Waals surface area (Å²) in [6, 6.07) is 8.86. The molecule has 0 bridgehead atoms. The van der Waals surface area contributed by atoms with Crippen molar-refractivity contribution >= 4 is 18.2 Å². The normalized spacial score (nSPS) is 10.1. The van der Waals surface area contributed by atoms with E-state index in [2.05, 4.69) is 4.98 Å². The number of fused-ring (bicyclic) bond motifs is 1. The zero-order valence-electron chi connectivity index (χ0n) is 7.29. The minimum atomic E-state index is -1.80. The summed E-state index contributed by atoms with van der Waals surface area (Å²) < 4.78 is 4.69. The predicted octanol–water partition coefficient (Wildman–Crippen LogP) is 0.583. The predicted molar refractivity (Wildman–Crippen MR) is 52.6 cm³/mol. The molecule has 0 fully saturated rings. The van der Waals surface area contributed by atoms with Crippen LogP contribution in [0.15, 0.2) is 36.5 Å². The van der Waals surface area contributed by atoms with Crippen molar-refractivity contribution in [2.45, 2.75) is 0 Å². The average molecular weight is 189 g/mol. The van der Waals surface area contributed by atoms with Crippen LogP contribution >= 0.6 is 0 Å². The van der Waals surface area contributed by atoms with Crippen LogP contribution in [-0.2, 0) is 0 Å². The molecule has 1 aromatic heterocycles. The first-order valence-corrected chi connectivity index (χ1v) is 4.13. The molecule has 0 atom stereocenters. The maximum atomic E-state index is 8.59. The molecule has 70 valence electrons. The number of pyridine rings is 1. The molecule has 0 aliphatic rings. The van der Waals surface area contributed by atoms with Crippen molar-refractivity contribution in [3.63, 3.8) is 0 Å². The van der Waals surface area contributed by atoms with Crippen molar-refractivity contribution in [3.8, 4) is 5.75 Å². The van der Waals surface area contributed by atoms with E-state index in [0.29, 0.717) is 5.75 Å². The lowest BCUT2D eigenvalue weighted by molar-refractivity contribution is 0.288. The molecular formula is C9H8BNO3. The third kappa shape index (κ3) is 1.84. The number of hydrogen-bond donors (Lipinski definition) is 2. The van der Waals surface area contributed by atoms with Gasteiger partial charge in [0.2, 0.25) is 0 Å². The fourth-order valence-corrected chi connectivity index (χ4v) is 1.24. The van der Waals surface area contributed by atoms with E-state index in [9.17, 15) is 0 Å². The largest absolute Gasteiger partial charge is 0.707 e. The van der Waals surface area contributed by atoms with Gasteiger partial charge in [0.25, 0.3) is 0 Å². The van der Waals surface area contributed by atoms with Crippen LogP contribution < -0.4 is 4.65 Å². The molecule has 5 heteroatoms. The Morgan fingerprint density at radius 1 is 1.21 bits per heavy atom. The lowest BCUT2D eigenvalue weighted by Crippen LogP contribution is -2.20. The van der Waals surface area contributed by atoms with E-state index < -0.39 is 7.32 Å². The molecule has 0 aliphatic carbocycles. The van der Waals surface area contributed by atoms with E-state index in [-0.39, 0.29) is 0 Å². The van der Waals surface area contributed by atoms with E-state index in [1.165, 1.54) is 0 Å². The second-order valence-electron chi connectivity index (χ2n) is 2.80. The van der Waals surface area contributed by atoms with Crippen molar-refractivity contribution in [2.24, 2.45) is 0 Å². The number of aromatic nitrogens is 1. The van der Waals surface area contributed by atoms with E-state index >= 15 is 0 Å². The van der Waals surface area contributed by atoms with Crippen LogP contribution in [0.1, 0.15) is 0 Å². The number of hydrogen-bond acceptors (Lipinski definition) is 4. The highest BCUT2D eigenvalue weighted by molar-refractivity contribution is 6.33.